The van der Waals surface area contributed by atoms with Gasteiger partial charge in [0.15, 0.2) is 11.5 Å². The maximum atomic E-state index is 12.0. The van der Waals surface area contributed by atoms with Gasteiger partial charge in [0, 0.05) is 12.1 Å². The summed E-state index contributed by atoms with van der Waals surface area (Å²) < 4.78 is 4.96. The lowest BCUT2D eigenvalue weighted by Gasteiger charge is -2.26. The number of phenols is 1. The summed E-state index contributed by atoms with van der Waals surface area (Å²) in [6.45, 7) is 3.01. The Kier molecular flexibility index (Phi) is 4.88. The highest BCUT2D eigenvalue weighted by atomic mass is 16.5. The van der Waals surface area contributed by atoms with Crippen LogP contribution >= 0.6 is 0 Å². The van der Waals surface area contributed by atoms with Crippen LogP contribution in [0.25, 0.3) is 0 Å². The fourth-order valence-electron chi connectivity index (χ4n) is 2.70. The summed E-state index contributed by atoms with van der Waals surface area (Å²) in [6, 6.07) is 4.71. The molecule has 0 aliphatic heterocycles. The molecule has 0 heterocycles. The lowest BCUT2D eigenvalue weighted by atomic mass is 9.83. The van der Waals surface area contributed by atoms with Crippen molar-refractivity contribution in [2.45, 2.75) is 32.6 Å². The fourth-order valence-corrected chi connectivity index (χ4v) is 2.70. The van der Waals surface area contributed by atoms with Crippen LogP contribution in [0.5, 0.6) is 11.5 Å². The van der Waals surface area contributed by atoms with Crippen LogP contribution in [0.4, 0.5) is 0 Å². The van der Waals surface area contributed by atoms with Crippen molar-refractivity contribution in [2.24, 2.45) is 11.8 Å². The number of carbonyl (C=O) groups excluding carboxylic acids is 1. The standard InChI is InChI=1S/C16H23NO3/c1-11-3-5-12(6-4-11)10-17-16(19)13-7-8-15(20-2)14(18)9-13/h7-9,11-12,18H,3-6,10H2,1-2H3,(H,17,19). The van der Waals surface area contributed by atoms with Crippen molar-refractivity contribution < 1.29 is 14.6 Å². The number of hydrogen-bond acceptors (Lipinski definition) is 3. The highest BCUT2D eigenvalue weighted by molar-refractivity contribution is 5.94. The SMILES string of the molecule is COc1ccc(C(=O)NCC2CCC(C)CC2)cc1O. The zero-order valence-corrected chi connectivity index (χ0v) is 12.2. The van der Waals surface area contributed by atoms with E-state index >= 15 is 0 Å². The molecule has 4 heteroatoms. The number of ether oxygens (including phenoxy) is 1. The smallest absolute Gasteiger partial charge is 0.251 e. The molecule has 0 unspecified atom stereocenters. The Hall–Kier alpha value is -1.71. The minimum absolute atomic E-state index is 0.00774. The molecule has 110 valence electrons. The summed E-state index contributed by atoms with van der Waals surface area (Å²) in [5.74, 6) is 1.64. The first-order chi connectivity index (χ1) is 9.60. The molecule has 0 aromatic heterocycles. The Bertz CT molecular complexity index is 465. The van der Waals surface area contributed by atoms with Gasteiger partial charge in [-0.05, 0) is 42.9 Å². The van der Waals surface area contributed by atoms with E-state index in [0.29, 0.717) is 17.2 Å². The summed E-state index contributed by atoms with van der Waals surface area (Å²) >= 11 is 0. The molecule has 0 atom stereocenters. The number of rotatable bonds is 4. The maximum absolute atomic E-state index is 12.0. The van der Waals surface area contributed by atoms with Crippen molar-refractivity contribution in [1.82, 2.24) is 5.32 Å². The number of amides is 1. The second kappa shape index (κ2) is 6.64. The lowest BCUT2D eigenvalue weighted by Crippen LogP contribution is -2.31. The molecule has 2 rings (SSSR count). The Balaban J connectivity index is 1.87. The zero-order chi connectivity index (χ0) is 14.5. The topological polar surface area (TPSA) is 58.6 Å². The first-order valence-electron chi connectivity index (χ1n) is 7.25. The lowest BCUT2D eigenvalue weighted by molar-refractivity contribution is 0.0941. The van der Waals surface area contributed by atoms with Crippen molar-refractivity contribution in [3.05, 3.63) is 23.8 Å². The van der Waals surface area contributed by atoms with Gasteiger partial charge in [-0.3, -0.25) is 4.79 Å². The maximum Gasteiger partial charge on any atom is 0.251 e. The van der Waals surface area contributed by atoms with Crippen LogP contribution in [0.3, 0.4) is 0 Å². The van der Waals surface area contributed by atoms with E-state index < -0.39 is 0 Å². The molecule has 0 saturated heterocycles. The molecule has 0 radical (unpaired) electrons. The monoisotopic (exact) mass is 277 g/mol. The Morgan fingerprint density at radius 2 is 2.05 bits per heavy atom. The van der Waals surface area contributed by atoms with E-state index in [1.165, 1.54) is 38.9 Å². The van der Waals surface area contributed by atoms with Crippen LogP contribution in [0.2, 0.25) is 0 Å². The summed E-state index contributed by atoms with van der Waals surface area (Å²) in [5, 5.41) is 12.6. The van der Waals surface area contributed by atoms with Crippen molar-refractivity contribution in [1.29, 1.82) is 0 Å². The molecule has 0 bridgehead atoms. The van der Waals surface area contributed by atoms with Crippen LogP contribution < -0.4 is 10.1 Å². The van der Waals surface area contributed by atoms with Gasteiger partial charge >= 0.3 is 0 Å². The predicted molar refractivity (Wildman–Crippen MR) is 78.1 cm³/mol. The largest absolute Gasteiger partial charge is 0.504 e. The summed E-state index contributed by atoms with van der Waals surface area (Å²) in [5.41, 5.74) is 0.465. The van der Waals surface area contributed by atoms with E-state index in [0.717, 1.165) is 12.5 Å². The van der Waals surface area contributed by atoms with E-state index in [2.05, 4.69) is 12.2 Å². The van der Waals surface area contributed by atoms with Crippen molar-refractivity contribution in [3.63, 3.8) is 0 Å². The molecule has 1 amide bonds. The average molecular weight is 277 g/mol. The Morgan fingerprint density at radius 3 is 2.65 bits per heavy atom. The van der Waals surface area contributed by atoms with E-state index in [1.807, 2.05) is 0 Å². The minimum Gasteiger partial charge on any atom is -0.504 e. The molecule has 20 heavy (non-hydrogen) atoms. The quantitative estimate of drug-likeness (QED) is 0.889. The normalized spacial score (nSPS) is 22.3. The highest BCUT2D eigenvalue weighted by Gasteiger charge is 2.19. The molecule has 2 N–H and O–H groups in total. The number of carbonyl (C=O) groups is 1. The molecular weight excluding hydrogens is 254 g/mol. The van der Waals surface area contributed by atoms with Crippen LogP contribution in [0.1, 0.15) is 43.0 Å². The van der Waals surface area contributed by atoms with Crippen molar-refractivity contribution in [2.75, 3.05) is 13.7 Å². The first-order valence-corrected chi connectivity index (χ1v) is 7.25. The fraction of sp³-hybridized carbons (Fsp3) is 0.562. The minimum atomic E-state index is -0.137. The highest BCUT2D eigenvalue weighted by Crippen LogP contribution is 2.28. The van der Waals surface area contributed by atoms with Gasteiger partial charge in [-0.2, -0.15) is 0 Å². The second-order valence-electron chi connectivity index (χ2n) is 5.72. The van der Waals surface area contributed by atoms with Crippen molar-refractivity contribution in [3.8, 4) is 11.5 Å². The molecule has 4 nitrogen and oxygen atoms in total. The first kappa shape index (κ1) is 14.7. The Labute approximate surface area is 120 Å². The third-order valence-corrected chi connectivity index (χ3v) is 4.13. The summed E-state index contributed by atoms with van der Waals surface area (Å²) in [7, 11) is 1.48. The molecule has 1 saturated carbocycles. The third kappa shape index (κ3) is 3.65. The van der Waals surface area contributed by atoms with E-state index in [4.69, 9.17) is 4.74 Å². The second-order valence-corrected chi connectivity index (χ2v) is 5.72. The summed E-state index contributed by atoms with van der Waals surface area (Å²) in [6.07, 6.45) is 4.89. The van der Waals surface area contributed by atoms with Crippen molar-refractivity contribution >= 4 is 5.91 Å². The van der Waals surface area contributed by atoms with Gasteiger partial charge in [-0.15, -0.1) is 0 Å². The third-order valence-electron chi connectivity index (χ3n) is 4.13. The molecule has 1 aromatic rings. The van der Waals surface area contributed by atoms with Gasteiger partial charge in [0.25, 0.3) is 5.91 Å². The molecule has 1 aromatic carbocycles. The number of methoxy groups -OCH3 is 1. The number of hydrogen-bond donors (Lipinski definition) is 2. The van der Waals surface area contributed by atoms with Gasteiger partial charge in [-0.1, -0.05) is 19.8 Å². The van der Waals surface area contributed by atoms with E-state index in [-0.39, 0.29) is 11.7 Å². The van der Waals surface area contributed by atoms with Gasteiger partial charge in [0.05, 0.1) is 7.11 Å². The average Bonchev–Trinajstić information content (AvgIpc) is 2.46. The Morgan fingerprint density at radius 1 is 1.35 bits per heavy atom. The number of benzene rings is 1. The van der Waals surface area contributed by atoms with Gasteiger partial charge < -0.3 is 15.2 Å². The molecule has 0 spiro atoms. The van der Waals surface area contributed by atoms with Gasteiger partial charge in [0.1, 0.15) is 0 Å². The van der Waals surface area contributed by atoms with E-state index in [1.54, 1.807) is 12.1 Å². The molecular formula is C16H23NO3. The van der Waals surface area contributed by atoms with Crippen LogP contribution in [0.15, 0.2) is 18.2 Å². The van der Waals surface area contributed by atoms with Gasteiger partial charge in [-0.25, -0.2) is 0 Å². The van der Waals surface area contributed by atoms with Crippen LogP contribution in [-0.2, 0) is 0 Å². The molecule has 1 aliphatic rings. The van der Waals surface area contributed by atoms with E-state index in [9.17, 15) is 9.90 Å². The number of nitrogens with one attached hydrogen (secondary N) is 1. The van der Waals surface area contributed by atoms with Gasteiger partial charge in [0.2, 0.25) is 0 Å². The predicted octanol–water partition coefficient (Wildman–Crippen LogP) is 2.96. The number of aromatic hydroxyl groups is 1. The zero-order valence-electron chi connectivity index (χ0n) is 12.2. The summed E-state index contributed by atoms with van der Waals surface area (Å²) in [4.78, 5) is 12.0. The molecule has 1 fully saturated rings. The van der Waals surface area contributed by atoms with Crippen LogP contribution in [-0.4, -0.2) is 24.7 Å². The molecule has 1 aliphatic carbocycles. The number of phenolic OH excluding ortho intramolecular Hbond substituents is 1. The van der Waals surface area contributed by atoms with Crippen LogP contribution in [0, 0.1) is 11.8 Å².